The van der Waals surface area contributed by atoms with E-state index in [9.17, 15) is 4.79 Å². The minimum absolute atomic E-state index is 0.0503. The van der Waals surface area contributed by atoms with Crippen LogP contribution < -0.4 is 20.1 Å². The van der Waals surface area contributed by atoms with Crippen LogP contribution >= 0.6 is 11.8 Å². The zero-order chi connectivity index (χ0) is 13.9. The average molecular weight is 294 g/mol. The topological polar surface area (TPSA) is 59.6 Å². The summed E-state index contributed by atoms with van der Waals surface area (Å²) >= 11 is 1.81. The Kier molecular flexibility index (Phi) is 4.03. The quantitative estimate of drug-likeness (QED) is 0.880. The van der Waals surface area contributed by atoms with Gasteiger partial charge < -0.3 is 20.1 Å². The average Bonchev–Trinajstić information content (AvgIpc) is 2.95. The van der Waals surface area contributed by atoms with Crippen molar-refractivity contribution in [2.24, 2.45) is 0 Å². The van der Waals surface area contributed by atoms with Crippen LogP contribution in [0.1, 0.15) is 18.5 Å². The molecular weight excluding hydrogens is 276 g/mol. The minimum atomic E-state index is -0.0924. The molecule has 2 aliphatic rings. The molecule has 5 nitrogen and oxygen atoms in total. The van der Waals surface area contributed by atoms with E-state index in [1.54, 1.807) is 0 Å². The molecule has 108 valence electrons. The molecule has 1 amide bonds. The van der Waals surface area contributed by atoms with E-state index in [0.29, 0.717) is 0 Å². The van der Waals surface area contributed by atoms with E-state index < -0.39 is 0 Å². The number of fused-ring (bicyclic) bond motifs is 1. The van der Waals surface area contributed by atoms with Gasteiger partial charge in [0.05, 0.1) is 12.1 Å². The fourth-order valence-corrected chi connectivity index (χ4v) is 3.25. The van der Waals surface area contributed by atoms with Crippen molar-refractivity contribution in [1.82, 2.24) is 10.6 Å². The Balaban J connectivity index is 1.63. The summed E-state index contributed by atoms with van der Waals surface area (Å²) in [6.45, 7) is 3.13. The van der Waals surface area contributed by atoms with E-state index in [4.69, 9.17) is 9.47 Å². The van der Waals surface area contributed by atoms with Crippen molar-refractivity contribution in [2.75, 3.05) is 24.8 Å². The lowest BCUT2D eigenvalue weighted by molar-refractivity contribution is -0.123. The second-order valence-corrected chi connectivity index (χ2v) is 6.07. The first kappa shape index (κ1) is 13.6. The standard InChI is InChI=1S/C14H18N2O3S/c1-9(16-14(17)11-7-20-5-4-15-11)10-2-3-12-13(6-10)19-8-18-12/h2-3,6,9,11,15H,4-5,7-8H2,1H3,(H,16,17). The summed E-state index contributed by atoms with van der Waals surface area (Å²) < 4.78 is 10.6. The van der Waals surface area contributed by atoms with Gasteiger partial charge >= 0.3 is 0 Å². The first-order valence-corrected chi connectivity index (χ1v) is 7.90. The lowest BCUT2D eigenvalue weighted by Crippen LogP contribution is -2.49. The molecule has 2 aliphatic heterocycles. The number of hydrogen-bond acceptors (Lipinski definition) is 5. The van der Waals surface area contributed by atoms with Crippen LogP contribution in [0.25, 0.3) is 0 Å². The van der Waals surface area contributed by atoms with Crippen LogP contribution in [-0.2, 0) is 4.79 Å². The maximum absolute atomic E-state index is 12.2. The van der Waals surface area contributed by atoms with Gasteiger partial charge in [-0.2, -0.15) is 11.8 Å². The number of carbonyl (C=O) groups is 1. The zero-order valence-electron chi connectivity index (χ0n) is 11.3. The molecule has 0 bridgehead atoms. The molecule has 3 rings (SSSR count). The van der Waals surface area contributed by atoms with Gasteiger partial charge in [-0.3, -0.25) is 4.79 Å². The molecule has 0 spiro atoms. The number of rotatable bonds is 3. The zero-order valence-corrected chi connectivity index (χ0v) is 12.2. The third-order valence-electron chi connectivity index (χ3n) is 3.49. The molecule has 2 atom stereocenters. The highest BCUT2D eigenvalue weighted by molar-refractivity contribution is 7.99. The van der Waals surface area contributed by atoms with Crippen LogP contribution in [0, 0.1) is 0 Å². The highest BCUT2D eigenvalue weighted by atomic mass is 32.2. The van der Waals surface area contributed by atoms with E-state index >= 15 is 0 Å². The molecule has 0 saturated carbocycles. The lowest BCUT2D eigenvalue weighted by Gasteiger charge is -2.24. The Morgan fingerprint density at radius 2 is 2.30 bits per heavy atom. The smallest absolute Gasteiger partial charge is 0.238 e. The van der Waals surface area contributed by atoms with Gasteiger partial charge in [0.2, 0.25) is 12.7 Å². The number of carbonyl (C=O) groups excluding carboxylic acids is 1. The van der Waals surface area contributed by atoms with Crippen LogP contribution in [-0.4, -0.2) is 36.8 Å². The van der Waals surface area contributed by atoms with Crippen molar-refractivity contribution in [3.63, 3.8) is 0 Å². The van der Waals surface area contributed by atoms with Gasteiger partial charge in [0.1, 0.15) is 0 Å². The molecule has 1 fully saturated rings. The SMILES string of the molecule is CC(NC(=O)C1CSCCN1)c1ccc2c(c1)OCO2. The Morgan fingerprint density at radius 3 is 3.10 bits per heavy atom. The van der Waals surface area contributed by atoms with Gasteiger partial charge in [0, 0.05) is 18.1 Å². The molecule has 0 aromatic heterocycles. The molecule has 1 aromatic rings. The van der Waals surface area contributed by atoms with Gasteiger partial charge in [-0.25, -0.2) is 0 Å². The van der Waals surface area contributed by atoms with Crippen molar-refractivity contribution in [2.45, 2.75) is 19.0 Å². The van der Waals surface area contributed by atoms with Gasteiger partial charge in [-0.1, -0.05) is 6.07 Å². The largest absolute Gasteiger partial charge is 0.454 e. The molecule has 0 radical (unpaired) electrons. The monoisotopic (exact) mass is 294 g/mol. The number of hydrogen-bond donors (Lipinski definition) is 2. The summed E-state index contributed by atoms with van der Waals surface area (Å²) in [7, 11) is 0. The molecule has 20 heavy (non-hydrogen) atoms. The van der Waals surface area contributed by atoms with Crippen molar-refractivity contribution in [1.29, 1.82) is 0 Å². The number of thioether (sulfide) groups is 1. The molecule has 2 N–H and O–H groups in total. The van der Waals surface area contributed by atoms with Gasteiger partial charge in [0.15, 0.2) is 11.5 Å². The van der Waals surface area contributed by atoms with Crippen molar-refractivity contribution in [3.8, 4) is 11.5 Å². The van der Waals surface area contributed by atoms with Crippen molar-refractivity contribution < 1.29 is 14.3 Å². The predicted octanol–water partition coefficient (Wildman–Crippen LogP) is 1.30. The number of nitrogens with one attached hydrogen (secondary N) is 2. The number of benzene rings is 1. The van der Waals surface area contributed by atoms with E-state index in [2.05, 4.69) is 10.6 Å². The van der Waals surface area contributed by atoms with Crippen LogP contribution in [0.5, 0.6) is 11.5 Å². The fraction of sp³-hybridized carbons (Fsp3) is 0.500. The number of ether oxygens (including phenoxy) is 2. The first-order valence-electron chi connectivity index (χ1n) is 6.75. The molecule has 6 heteroatoms. The Labute approximate surface area is 122 Å². The summed E-state index contributed by atoms with van der Waals surface area (Å²) in [6, 6.07) is 5.63. The van der Waals surface area contributed by atoms with Crippen molar-refractivity contribution in [3.05, 3.63) is 23.8 Å². The van der Waals surface area contributed by atoms with E-state index in [-0.39, 0.29) is 24.8 Å². The van der Waals surface area contributed by atoms with E-state index in [1.165, 1.54) is 0 Å². The second kappa shape index (κ2) is 5.93. The minimum Gasteiger partial charge on any atom is -0.454 e. The summed E-state index contributed by atoms with van der Waals surface area (Å²) in [4.78, 5) is 12.2. The van der Waals surface area contributed by atoms with Crippen LogP contribution in [0.2, 0.25) is 0 Å². The first-order chi connectivity index (χ1) is 9.74. The third-order valence-corrected chi connectivity index (χ3v) is 4.56. The molecule has 1 aromatic carbocycles. The van der Waals surface area contributed by atoms with E-state index in [1.807, 2.05) is 36.9 Å². The summed E-state index contributed by atoms with van der Waals surface area (Å²) in [5.41, 5.74) is 1.02. The summed E-state index contributed by atoms with van der Waals surface area (Å²) in [5, 5.41) is 6.29. The van der Waals surface area contributed by atoms with Crippen LogP contribution in [0.15, 0.2) is 18.2 Å². The highest BCUT2D eigenvalue weighted by Crippen LogP contribution is 2.34. The lowest BCUT2D eigenvalue weighted by atomic mass is 10.1. The Hall–Kier alpha value is -1.40. The van der Waals surface area contributed by atoms with Crippen LogP contribution in [0.4, 0.5) is 0 Å². The highest BCUT2D eigenvalue weighted by Gasteiger charge is 2.23. The predicted molar refractivity (Wildman–Crippen MR) is 78.2 cm³/mol. The normalized spacial score (nSPS) is 22.4. The van der Waals surface area contributed by atoms with Crippen LogP contribution in [0.3, 0.4) is 0 Å². The number of amides is 1. The Bertz CT molecular complexity index is 503. The van der Waals surface area contributed by atoms with Gasteiger partial charge in [-0.15, -0.1) is 0 Å². The maximum Gasteiger partial charge on any atom is 0.238 e. The van der Waals surface area contributed by atoms with Gasteiger partial charge in [0.25, 0.3) is 0 Å². The maximum atomic E-state index is 12.2. The van der Waals surface area contributed by atoms with Crippen molar-refractivity contribution >= 4 is 17.7 Å². The summed E-state index contributed by atoms with van der Waals surface area (Å²) in [5.74, 6) is 3.47. The molecule has 2 unspecified atom stereocenters. The Morgan fingerprint density at radius 1 is 1.45 bits per heavy atom. The molecule has 1 saturated heterocycles. The summed E-state index contributed by atoms with van der Waals surface area (Å²) in [6.07, 6.45) is 0. The second-order valence-electron chi connectivity index (χ2n) is 4.92. The third kappa shape index (κ3) is 2.86. The fourth-order valence-electron chi connectivity index (χ4n) is 2.31. The molecular formula is C14H18N2O3S. The van der Waals surface area contributed by atoms with E-state index in [0.717, 1.165) is 35.1 Å². The van der Waals surface area contributed by atoms with Gasteiger partial charge in [-0.05, 0) is 24.6 Å². The molecule has 0 aliphatic carbocycles. The molecule has 2 heterocycles.